The topological polar surface area (TPSA) is 97.7 Å². The van der Waals surface area contributed by atoms with Crippen LogP contribution in [0.3, 0.4) is 0 Å². The van der Waals surface area contributed by atoms with Gasteiger partial charge in [0.05, 0.1) is 7.11 Å². The lowest BCUT2D eigenvalue weighted by Gasteiger charge is -2.03. The molecule has 2 N–H and O–H groups in total. The van der Waals surface area contributed by atoms with Gasteiger partial charge in [0.1, 0.15) is 11.4 Å². The van der Waals surface area contributed by atoms with Crippen molar-refractivity contribution >= 4 is 5.91 Å². The quantitative estimate of drug-likeness (QED) is 0.709. The summed E-state index contributed by atoms with van der Waals surface area (Å²) in [6, 6.07) is 9.71. The Morgan fingerprint density at radius 1 is 1.33 bits per heavy atom. The molecule has 0 fully saturated rings. The number of amides is 1. The van der Waals surface area contributed by atoms with E-state index in [1.54, 1.807) is 13.2 Å². The molecule has 0 aliphatic rings. The number of methoxy groups -OCH3 is 1. The van der Waals surface area contributed by atoms with E-state index in [1.165, 1.54) is 11.8 Å². The second-order valence-corrected chi connectivity index (χ2v) is 5.20. The number of aromatic nitrogens is 5. The maximum Gasteiger partial charge on any atom is 0.258 e. The summed E-state index contributed by atoms with van der Waals surface area (Å²) in [5, 5.41) is 14.0. The molecule has 8 heteroatoms. The molecule has 1 amide bonds. The van der Waals surface area contributed by atoms with Gasteiger partial charge in [-0.3, -0.25) is 14.6 Å². The predicted molar refractivity (Wildman–Crippen MR) is 87.6 cm³/mol. The second kappa shape index (κ2) is 6.95. The lowest BCUT2D eigenvalue weighted by Crippen LogP contribution is -2.26. The van der Waals surface area contributed by atoms with Crippen molar-refractivity contribution in [3.05, 3.63) is 47.9 Å². The Morgan fingerprint density at radius 2 is 2.12 bits per heavy atom. The minimum absolute atomic E-state index is 0.234. The van der Waals surface area contributed by atoms with Gasteiger partial charge in [0.15, 0.2) is 5.82 Å². The number of nitrogens with zero attached hydrogens (tertiary/aromatic N) is 4. The van der Waals surface area contributed by atoms with Crippen LogP contribution in [0.1, 0.15) is 16.2 Å². The molecular formula is C16H18N6O2. The number of rotatable bonds is 6. The summed E-state index contributed by atoms with van der Waals surface area (Å²) in [5.74, 6) is 1.43. The van der Waals surface area contributed by atoms with E-state index in [1.807, 2.05) is 30.3 Å². The number of carbonyl (C=O) groups is 1. The smallest absolute Gasteiger partial charge is 0.258 e. The van der Waals surface area contributed by atoms with Crippen molar-refractivity contribution in [2.24, 2.45) is 7.05 Å². The van der Waals surface area contributed by atoms with Gasteiger partial charge in [-0.2, -0.15) is 5.10 Å². The van der Waals surface area contributed by atoms with Gasteiger partial charge in [-0.05, 0) is 0 Å². The minimum Gasteiger partial charge on any atom is -0.479 e. The summed E-state index contributed by atoms with van der Waals surface area (Å²) < 4.78 is 6.62. The molecule has 0 bridgehead atoms. The summed E-state index contributed by atoms with van der Waals surface area (Å²) in [5.41, 5.74) is 1.35. The van der Waals surface area contributed by atoms with Crippen molar-refractivity contribution in [1.29, 1.82) is 0 Å². The van der Waals surface area contributed by atoms with E-state index in [-0.39, 0.29) is 5.91 Å². The third-order valence-electron chi connectivity index (χ3n) is 3.44. The van der Waals surface area contributed by atoms with E-state index in [4.69, 9.17) is 4.74 Å². The molecule has 0 saturated carbocycles. The SMILES string of the molecule is COc1nn(C)cc1C(=O)NCCc1nc(-c2ccccc2)n[nH]1. The number of benzene rings is 1. The molecule has 0 aliphatic heterocycles. The first-order valence-corrected chi connectivity index (χ1v) is 7.50. The van der Waals surface area contributed by atoms with Gasteiger partial charge in [-0.1, -0.05) is 30.3 Å². The lowest BCUT2D eigenvalue weighted by atomic mass is 10.2. The zero-order valence-corrected chi connectivity index (χ0v) is 13.5. The number of hydrogen-bond acceptors (Lipinski definition) is 5. The van der Waals surface area contributed by atoms with Crippen molar-refractivity contribution in [2.45, 2.75) is 6.42 Å². The maximum atomic E-state index is 12.2. The molecule has 124 valence electrons. The van der Waals surface area contributed by atoms with Gasteiger partial charge in [0, 0.05) is 31.8 Å². The molecule has 0 atom stereocenters. The number of aryl methyl sites for hydroxylation is 1. The third kappa shape index (κ3) is 3.43. The van der Waals surface area contributed by atoms with Crippen molar-refractivity contribution in [1.82, 2.24) is 30.3 Å². The first-order chi connectivity index (χ1) is 11.7. The molecule has 0 radical (unpaired) electrons. The van der Waals surface area contributed by atoms with Crippen LogP contribution in [0.2, 0.25) is 0 Å². The van der Waals surface area contributed by atoms with E-state index >= 15 is 0 Å². The monoisotopic (exact) mass is 326 g/mol. The second-order valence-electron chi connectivity index (χ2n) is 5.20. The first kappa shape index (κ1) is 15.7. The van der Waals surface area contributed by atoms with Crippen LogP contribution in [0.25, 0.3) is 11.4 Å². The van der Waals surface area contributed by atoms with Crippen LogP contribution in [-0.4, -0.2) is 44.5 Å². The highest BCUT2D eigenvalue weighted by Gasteiger charge is 2.16. The molecule has 0 saturated heterocycles. The van der Waals surface area contributed by atoms with Gasteiger partial charge in [0.25, 0.3) is 5.91 Å². The van der Waals surface area contributed by atoms with Crippen LogP contribution >= 0.6 is 0 Å². The van der Waals surface area contributed by atoms with Crippen LogP contribution < -0.4 is 10.1 Å². The predicted octanol–water partition coefficient (Wildman–Crippen LogP) is 1.19. The largest absolute Gasteiger partial charge is 0.479 e. The van der Waals surface area contributed by atoms with E-state index in [0.717, 1.165) is 5.56 Å². The molecule has 24 heavy (non-hydrogen) atoms. The average molecular weight is 326 g/mol. The Labute approximate surface area is 138 Å². The fourth-order valence-electron chi connectivity index (χ4n) is 2.29. The number of nitrogens with one attached hydrogen (secondary N) is 2. The van der Waals surface area contributed by atoms with Gasteiger partial charge in [0.2, 0.25) is 5.88 Å². The molecule has 2 aromatic heterocycles. The molecule has 2 heterocycles. The molecule has 0 aliphatic carbocycles. The molecule has 0 spiro atoms. The van der Waals surface area contributed by atoms with E-state index in [2.05, 4.69) is 25.6 Å². The first-order valence-electron chi connectivity index (χ1n) is 7.50. The number of ether oxygens (including phenoxy) is 1. The van der Waals surface area contributed by atoms with Gasteiger partial charge in [-0.25, -0.2) is 4.98 Å². The Morgan fingerprint density at radius 3 is 2.88 bits per heavy atom. The van der Waals surface area contributed by atoms with Crippen molar-refractivity contribution < 1.29 is 9.53 Å². The van der Waals surface area contributed by atoms with Crippen LogP contribution in [0.4, 0.5) is 0 Å². The number of carbonyl (C=O) groups excluding carboxylic acids is 1. The number of hydrogen-bond donors (Lipinski definition) is 2. The average Bonchev–Trinajstić information content (AvgIpc) is 3.22. The van der Waals surface area contributed by atoms with E-state index in [9.17, 15) is 4.79 Å². The Kier molecular flexibility index (Phi) is 4.55. The summed E-state index contributed by atoms with van der Waals surface area (Å²) >= 11 is 0. The fraction of sp³-hybridized carbons (Fsp3) is 0.250. The summed E-state index contributed by atoms with van der Waals surface area (Å²) in [6.07, 6.45) is 2.17. The van der Waals surface area contributed by atoms with Crippen molar-refractivity contribution in [3.63, 3.8) is 0 Å². The zero-order chi connectivity index (χ0) is 16.9. The number of aromatic amines is 1. The molecule has 3 aromatic rings. The highest BCUT2D eigenvalue weighted by molar-refractivity contribution is 5.96. The number of H-pyrrole nitrogens is 1. The lowest BCUT2D eigenvalue weighted by molar-refractivity contribution is 0.0951. The Hall–Kier alpha value is -3.16. The zero-order valence-electron chi connectivity index (χ0n) is 13.5. The third-order valence-corrected chi connectivity index (χ3v) is 3.44. The summed E-state index contributed by atoms with van der Waals surface area (Å²) in [7, 11) is 3.22. The molecule has 3 rings (SSSR count). The van der Waals surface area contributed by atoms with Crippen LogP contribution in [0, 0.1) is 0 Å². The summed E-state index contributed by atoms with van der Waals surface area (Å²) in [6.45, 7) is 0.431. The highest BCUT2D eigenvalue weighted by Crippen LogP contribution is 2.15. The van der Waals surface area contributed by atoms with Crippen molar-refractivity contribution in [2.75, 3.05) is 13.7 Å². The normalized spacial score (nSPS) is 10.6. The van der Waals surface area contributed by atoms with E-state index in [0.29, 0.717) is 36.1 Å². The maximum absolute atomic E-state index is 12.2. The Bertz CT molecular complexity index is 824. The van der Waals surface area contributed by atoms with E-state index < -0.39 is 0 Å². The van der Waals surface area contributed by atoms with Crippen LogP contribution in [-0.2, 0) is 13.5 Å². The molecule has 1 aromatic carbocycles. The highest BCUT2D eigenvalue weighted by atomic mass is 16.5. The standard InChI is InChI=1S/C16H18N6O2/c1-22-10-12(16(21-22)24-2)15(23)17-9-8-13-18-14(20-19-13)11-6-4-3-5-7-11/h3-7,10H,8-9H2,1-2H3,(H,17,23)(H,18,19,20). The van der Waals surface area contributed by atoms with Crippen LogP contribution in [0.15, 0.2) is 36.5 Å². The van der Waals surface area contributed by atoms with Gasteiger partial charge >= 0.3 is 0 Å². The molecule has 8 nitrogen and oxygen atoms in total. The fourth-order valence-corrected chi connectivity index (χ4v) is 2.29. The van der Waals surface area contributed by atoms with Gasteiger partial charge < -0.3 is 10.1 Å². The Balaban J connectivity index is 1.57. The van der Waals surface area contributed by atoms with Crippen LogP contribution in [0.5, 0.6) is 5.88 Å². The van der Waals surface area contributed by atoms with Crippen molar-refractivity contribution in [3.8, 4) is 17.3 Å². The minimum atomic E-state index is -0.234. The molecular weight excluding hydrogens is 308 g/mol. The van der Waals surface area contributed by atoms with Gasteiger partial charge in [-0.15, -0.1) is 5.10 Å². The molecule has 0 unspecified atom stereocenters. The summed E-state index contributed by atoms with van der Waals surface area (Å²) in [4.78, 5) is 16.6.